The first kappa shape index (κ1) is 10.1. The van der Waals surface area contributed by atoms with Gasteiger partial charge in [-0.1, -0.05) is 20.8 Å². The molecule has 0 unspecified atom stereocenters. The third-order valence-corrected chi connectivity index (χ3v) is 1.51. The Morgan fingerprint density at radius 3 is 1.64 bits per heavy atom. The molecule has 1 rings (SSSR count). The summed E-state index contributed by atoms with van der Waals surface area (Å²) in [4.78, 5) is 11.5. The highest BCUT2D eigenvalue weighted by molar-refractivity contribution is 5.19. The van der Waals surface area contributed by atoms with Gasteiger partial charge in [0.25, 0.3) is 0 Å². The molecule has 5 nitrogen and oxygen atoms in total. The maximum Gasteiger partial charge on any atom is 0.236 e. The van der Waals surface area contributed by atoms with Crippen molar-refractivity contribution in [3.05, 3.63) is 17.5 Å². The molecule has 0 amide bonds. The van der Waals surface area contributed by atoms with Gasteiger partial charge < -0.3 is 0 Å². The molecule has 0 saturated carbocycles. The first-order valence-corrected chi connectivity index (χ1v) is 4.04. The molecule has 0 fully saturated rings. The SMILES string of the molecule is CC(C)(C)c1nc(C#N)nc(C#N)n1. The zero-order chi connectivity index (χ0) is 10.8. The van der Waals surface area contributed by atoms with Crippen LogP contribution < -0.4 is 0 Å². The molecule has 0 bridgehead atoms. The van der Waals surface area contributed by atoms with Gasteiger partial charge >= 0.3 is 0 Å². The van der Waals surface area contributed by atoms with E-state index in [1.54, 1.807) is 12.1 Å². The van der Waals surface area contributed by atoms with E-state index >= 15 is 0 Å². The molecule has 0 saturated heterocycles. The third-order valence-electron chi connectivity index (χ3n) is 1.51. The van der Waals surface area contributed by atoms with Crippen LogP contribution in [0.1, 0.15) is 38.2 Å². The van der Waals surface area contributed by atoms with Gasteiger partial charge in [-0.05, 0) is 0 Å². The standard InChI is InChI=1S/C9H9N5/c1-9(2,3)8-13-6(4-10)12-7(5-11)14-8/h1-3H3. The highest BCUT2D eigenvalue weighted by atomic mass is 15.0. The maximum atomic E-state index is 8.64. The number of hydrogen-bond acceptors (Lipinski definition) is 5. The fraction of sp³-hybridized carbons (Fsp3) is 0.444. The summed E-state index contributed by atoms with van der Waals surface area (Å²) < 4.78 is 0. The summed E-state index contributed by atoms with van der Waals surface area (Å²) in [5, 5.41) is 17.3. The van der Waals surface area contributed by atoms with Crippen molar-refractivity contribution in [1.82, 2.24) is 15.0 Å². The molecule has 1 heterocycles. The molecular formula is C9H9N5. The van der Waals surface area contributed by atoms with Crippen LogP contribution in [0.3, 0.4) is 0 Å². The molecule has 0 aliphatic rings. The van der Waals surface area contributed by atoms with E-state index in [1.807, 2.05) is 20.8 Å². The lowest BCUT2D eigenvalue weighted by molar-refractivity contribution is 0.538. The van der Waals surface area contributed by atoms with Gasteiger partial charge in [0.1, 0.15) is 18.0 Å². The van der Waals surface area contributed by atoms with E-state index in [1.165, 1.54) is 0 Å². The second-order valence-electron chi connectivity index (χ2n) is 3.78. The molecular weight excluding hydrogens is 178 g/mol. The Morgan fingerprint density at radius 1 is 0.929 bits per heavy atom. The van der Waals surface area contributed by atoms with Crippen molar-refractivity contribution in [3.8, 4) is 12.1 Å². The Bertz CT molecular complexity index is 398. The summed E-state index contributed by atoms with van der Waals surface area (Å²) in [7, 11) is 0. The zero-order valence-electron chi connectivity index (χ0n) is 8.24. The Labute approximate surface area is 82.1 Å². The zero-order valence-corrected chi connectivity index (χ0v) is 8.24. The van der Waals surface area contributed by atoms with Crippen molar-refractivity contribution in [2.45, 2.75) is 26.2 Å². The lowest BCUT2D eigenvalue weighted by Gasteiger charge is -2.15. The third kappa shape index (κ3) is 2.02. The Balaban J connectivity index is 3.36. The molecule has 0 spiro atoms. The molecule has 0 N–H and O–H groups in total. The Hall–Kier alpha value is -2.01. The average Bonchev–Trinajstić information content (AvgIpc) is 2.15. The van der Waals surface area contributed by atoms with Crippen LogP contribution in [-0.2, 0) is 5.41 Å². The summed E-state index contributed by atoms with van der Waals surface area (Å²) in [6.45, 7) is 5.72. The molecule has 5 heteroatoms. The van der Waals surface area contributed by atoms with E-state index < -0.39 is 0 Å². The van der Waals surface area contributed by atoms with Crippen LogP contribution in [0.5, 0.6) is 0 Å². The van der Waals surface area contributed by atoms with Crippen LogP contribution >= 0.6 is 0 Å². The summed E-state index contributed by atoms with van der Waals surface area (Å²) in [5.74, 6) is 0.434. The summed E-state index contributed by atoms with van der Waals surface area (Å²) in [5.41, 5.74) is -0.292. The van der Waals surface area contributed by atoms with Crippen LogP contribution in [0.2, 0.25) is 0 Å². The first-order chi connectivity index (χ1) is 6.47. The van der Waals surface area contributed by atoms with Gasteiger partial charge in [-0.3, -0.25) is 0 Å². The van der Waals surface area contributed by atoms with Crippen molar-refractivity contribution in [1.29, 1.82) is 10.5 Å². The highest BCUT2D eigenvalue weighted by Gasteiger charge is 2.19. The van der Waals surface area contributed by atoms with E-state index in [9.17, 15) is 0 Å². The van der Waals surface area contributed by atoms with E-state index in [0.29, 0.717) is 5.82 Å². The number of nitrogens with zero attached hydrogens (tertiary/aromatic N) is 5. The quantitative estimate of drug-likeness (QED) is 0.602. The highest BCUT2D eigenvalue weighted by Crippen LogP contribution is 2.17. The van der Waals surface area contributed by atoms with Crippen molar-refractivity contribution in [2.75, 3.05) is 0 Å². The smallest absolute Gasteiger partial charge is 0.203 e. The molecule has 14 heavy (non-hydrogen) atoms. The van der Waals surface area contributed by atoms with Crippen molar-refractivity contribution < 1.29 is 0 Å². The van der Waals surface area contributed by atoms with Gasteiger partial charge in [0.15, 0.2) is 0 Å². The molecule has 0 aliphatic heterocycles. The van der Waals surface area contributed by atoms with Crippen LogP contribution in [0.15, 0.2) is 0 Å². The van der Waals surface area contributed by atoms with E-state index in [0.717, 1.165) is 0 Å². The Kier molecular flexibility index (Phi) is 2.44. The summed E-state index contributed by atoms with van der Waals surface area (Å²) >= 11 is 0. The average molecular weight is 187 g/mol. The second-order valence-corrected chi connectivity index (χ2v) is 3.78. The molecule has 1 aromatic rings. The fourth-order valence-electron chi connectivity index (χ4n) is 0.811. The summed E-state index contributed by atoms with van der Waals surface area (Å²) in [6.07, 6.45) is 0. The topological polar surface area (TPSA) is 86.2 Å². The van der Waals surface area contributed by atoms with Gasteiger partial charge in [0.05, 0.1) is 0 Å². The van der Waals surface area contributed by atoms with Crippen LogP contribution in [0, 0.1) is 22.7 Å². The number of rotatable bonds is 0. The normalized spacial score (nSPS) is 10.4. The van der Waals surface area contributed by atoms with Gasteiger partial charge in [-0.15, -0.1) is 0 Å². The van der Waals surface area contributed by atoms with Gasteiger partial charge in [0, 0.05) is 5.41 Å². The van der Waals surface area contributed by atoms with Crippen molar-refractivity contribution in [3.63, 3.8) is 0 Å². The van der Waals surface area contributed by atoms with Crippen molar-refractivity contribution in [2.24, 2.45) is 0 Å². The fourth-order valence-corrected chi connectivity index (χ4v) is 0.811. The van der Waals surface area contributed by atoms with Crippen LogP contribution in [0.4, 0.5) is 0 Å². The minimum Gasteiger partial charge on any atom is -0.203 e. The molecule has 0 radical (unpaired) electrons. The van der Waals surface area contributed by atoms with Crippen molar-refractivity contribution >= 4 is 0 Å². The van der Waals surface area contributed by atoms with Gasteiger partial charge in [-0.25, -0.2) is 9.97 Å². The molecule has 0 aliphatic carbocycles. The number of hydrogen-bond donors (Lipinski definition) is 0. The lowest BCUT2D eigenvalue weighted by atomic mass is 9.96. The molecule has 0 aromatic carbocycles. The second kappa shape index (κ2) is 3.39. The van der Waals surface area contributed by atoms with Crippen LogP contribution in [-0.4, -0.2) is 15.0 Å². The predicted octanol–water partition coefficient (Wildman–Crippen LogP) is 0.912. The van der Waals surface area contributed by atoms with E-state index in [2.05, 4.69) is 15.0 Å². The first-order valence-electron chi connectivity index (χ1n) is 4.04. The largest absolute Gasteiger partial charge is 0.236 e. The monoisotopic (exact) mass is 187 g/mol. The van der Waals surface area contributed by atoms with Gasteiger partial charge in [-0.2, -0.15) is 15.5 Å². The predicted molar refractivity (Wildman–Crippen MR) is 48.0 cm³/mol. The number of aromatic nitrogens is 3. The Morgan fingerprint density at radius 2 is 1.36 bits per heavy atom. The minimum absolute atomic E-state index is 0.0125. The number of nitriles is 2. The molecule has 0 atom stereocenters. The van der Waals surface area contributed by atoms with E-state index in [4.69, 9.17) is 10.5 Å². The minimum atomic E-state index is -0.292. The maximum absolute atomic E-state index is 8.64. The summed E-state index contributed by atoms with van der Waals surface area (Å²) in [6, 6.07) is 3.60. The van der Waals surface area contributed by atoms with Gasteiger partial charge in [0.2, 0.25) is 11.6 Å². The molecule has 1 aromatic heterocycles. The van der Waals surface area contributed by atoms with E-state index in [-0.39, 0.29) is 17.1 Å². The molecule has 70 valence electrons. The van der Waals surface area contributed by atoms with Crippen LogP contribution in [0.25, 0.3) is 0 Å². The lowest BCUT2D eigenvalue weighted by Crippen LogP contribution is -2.18.